The Labute approximate surface area is 226 Å². The van der Waals surface area contributed by atoms with E-state index < -0.39 is 6.04 Å². The lowest BCUT2D eigenvalue weighted by atomic mass is 10.0. The summed E-state index contributed by atoms with van der Waals surface area (Å²) in [6.07, 6.45) is 1.61. The number of amides is 2. The highest BCUT2D eigenvalue weighted by Crippen LogP contribution is 2.29. The van der Waals surface area contributed by atoms with Crippen LogP contribution in [0.1, 0.15) is 28.5 Å². The standard InChI is InChI=1S/C30H29ClN2O5/c1-36-26-15-12-22(17-27(26)37-2)18-28(34)33(20-21-10-13-24(31)14-11-21)29(23-7-4-3-5-8-23)30(35)32-19-25-9-6-16-38-25/h3-17,29H,18-20H2,1-2H3,(H,32,35). The van der Waals surface area contributed by atoms with Gasteiger partial charge in [0.2, 0.25) is 11.8 Å². The van der Waals surface area contributed by atoms with Gasteiger partial charge >= 0.3 is 0 Å². The Morgan fingerprint density at radius 3 is 2.26 bits per heavy atom. The number of nitrogens with zero attached hydrogens (tertiary/aromatic N) is 1. The summed E-state index contributed by atoms with van der Waals surface area (Å²) < 4.78 is 16.1. The number of ether oxygens (including phenoxy) is 2. The molecule has 1 unspecified atom stereocenters. The van der Waals surface area contributed by atoms with E-state index in [1.807, 2.05) is 48.5 Å². The molecule has 0 fully saturated rings. The molecule has 1 heterocycles. The SMILES string of the molecule is COc1ccc(CC(=O)N(Cc2ccc(Cl)cc2)C(C(=O)NCc2ccco2)c2ccccc2)cc1OC. The van der Waals surface area contributed by atoms with E-state index in [4.69, 9.17) is 25.5 Å². The molecule has 0 saturated heterocycles. The van der Waals surface area contributed by atoms with Crippen LogP contribution in [0.3, 0.4) is 0 Å². The van der Waals surface area contributed by atoms with Crippen LogP contribution in [0, 0.1) is 0 Å². The van der Waals surface area contributed by atoms with Crippen LogP contribution in [0.5, 0.6) is 11.5 Å². The third-order valence-corrected chi connectivity index (χ3v) is 6.33. The molecule has 8 heteroatoms. The number of carbonyl (C=O) groups is 2. The molecule has 3 aromatic carbocycles. The number of methoxy groups -OCH3 is 2. The van der Waals surface area contributed by atoms with Crippen molar-refractivity contribution < 1.29 is 23.5 Å². The van der Waals surface area contributed by atoms with E-state index in [2.05, 4.69) is 5.32 Å². The first-order chi connectivity index (χ1) is 18.5. The van der Waals surface area contributed by atoms with Gasteiger partial charge in [-0.1, -0.05) is 60.1 Å². The highest BCUT2D eigenvalue weighted by molar-refractivity contribution is 6.30. The molecule has 4 rings (SSSR count). The molecular weight excluding hydrogens is 504 g/mol. The van der Waals surface area contributed by atoms with Crippen LogP contribution in [-0.2, 0) is 29.1 Å². The smallest absolute Gasteiger partial charge is 0.247 e. The molecule has 196 valence electrons. The van der Waals surface area contributed by atoms with Crippen molar-refractivity contribution in [2.24, 2.45) is 0 Å². The van der Waals surface area contributed by atoms with Gasteiger partial charge in [-0.25, -0.2) is 0 Å². The zero-order valence-electron chi connectivity index (χ0n) is 21.2. The second-order valence-corrected chi connectivity index (χ2v) is 9.06. The molecule has 0 saturated carbocycles. The molecule has 1 atom stereocenters. The number of carbonyl (C=O) groups excluding carboxylic acids is 2. The van der Waals surface area contributed by atoms with Crippen molar-refractivity contribution in [2.45, 2.75) is 25.6 Å². The molecule has 0 aliphatic rings. The van der Waals surface area contributed by atoms with Crippen LogP contribution >= 0.6 is 11.6 Å². The van der Waals surface area contributed by atoms with E-state index in [0.29, 0.717) is 27.8 Å². The Morgan fingerprint density at radius 2 is 1.61 bits per heavy atom. The Balaban J connectivity index is 1.68. The van der Waals surface area contributed by atoms with Gasteiger partial charge in [-0.05, 0) is 53.1 Å². The third-order valence-electron chi connectivity index (χ3n) is 6.08. The summed E-state index contributed by atoms with van der Waals surface area (Å²) >= 11 is 6.09. The van der Waals surface area contributed by atoms with E-state index in [-0.39, 0.29) is 31.3 Å². The largest absolute Gasteiger partial charge is 0.493 e. The molecule has 0 aliphatic carbocycles. The Hall–Kier alpha value is -4.23. The molecule has 0 bridgehead atoms. The fourth-order valence-corrected chi connectivity index (χ4v) is 4.29. The molecule has 0 aliphatic heterocycles. The summed E-state index contributed by atoms with van der Waals surface area (Å²) in [6, 6.07) is 24.5. The van der Waals surface area contributed by atoms with Gasteiger partial charge in [0, 0.05) is 11.6 Å². The van der Waals surface area contributed by atoms with E-state index in [1.54, 1.807) is 61.8 Å². The molecule has 2 amide bonds. The lowest BCUT2D eigenvalue weighted by Gasteiger charge is -2.32. The van der Waals surface area contributed by atoms with Crippen molar-refractivity contribution in [2.75, 3.05) is 14.2 Å². The number of benzene rings is 3. The third kappa shape index (κ3) is 6.75. The number of hydrogen-bond donors (Lipinski definition) is 1. The first-order valence-corrected chi connectivity index (χ1v) is 12.5. The average Bonchev–Trinajstić information content (AvgIpc) is 3.47. The zero-order valence-corrected chi connectivity index (χ0v) is 22.0. The molecule has 1 N–H and O–H groups in total. The molecule has 0 radical (unpaired) electrons. The number of hydrogen-bond acceptors (Lipinski definition) is 5. The van der Waals surface area contributed by atoms with Crippen LogP contribution in [0.25, 0.3) is 0 Å². The van der Waals surface area contributed by atoms with Gasteiger partial charge in [-0.3, -0.25) is 9.59 Å². The van der Waals surface area contributed by atoms with Crippen molar-refractivity contribution in [3.05, 3.63) is 119 Å². The molecule has 7 nitrogen and oxygen atoms in total. The van der Waals surface area contributed by atoms with Crippen molar-refractivity contribution in [1.82, 2.24) is 10.2 Å². The van der Waals surface area contributed by atoms with Crippen LogP contribution in [-0.4, -0.2) is 30.9 Å². The quantitative estimate of drug-likeness (QED) is 0.273. The minimum absolute atomic E-state index is 0.0583. The lowest BCUT2D eigenvalue weighted by Crippen LogP contribution is -2.43. The first-order valence-electron chi connectivity index (χ1n) is 12.1. The van der Waals surface area contributed by atoms with E-state index >= 15 is 0 Å². The summed E-state index contributed by atoms with van der Waals surface area (Å²) in [5.41, 5.74) is 2.27. The maximum Gasteiger partial charge on any atom is 0.247 e. The van der Waals surface area contributed by atoms with Gasteiger partial charge in [0.05, 0.1) is 33.4 Å². The van der Waals surface area contributed by atoms with Gasteiger partial charge in [0.25, 0.3) is 0 Å². The summed E-state index contributed by atoms with van der Waals surface area (Å²) in [7, 11) is 3.10. The molecule has 4 aromatic rings. The maximum atomic E-state index is 13.9. The first kappa shape index (κ1) is 26.8. The van der Waals surface area contributed by atoms with Crippen molar-refractivity contribution in [1.29, 1.82) is 0 Å². The van der Waals surface area contributed by atoms with Crippen LogP contribution in [0.2, 0.25) is 5.02 Å². The van der Waals surface area contributed by atoms with Crippen LogP contribution in [0.15, 0.2) is 95.6 Å². The fourth-order valence-electron chi connectivity index (χ4n) is 4.17. The average molecular weight is 533 g/mol. The van der Waals surface area contributed by atoms with Gasteiger partial charge in [-0.15, -0.1) is 0 Å². The summed E-state index contributed by atoms with van der Waals surface area (Å²) in [5, 5.41) is 3.52. The summed E-state index contributed by atoms with van der Waals surface area (Å²) in [6.45, 7) is 0.408. The number of halogens is 1. The van der Waals surface area contributed by atoms with E-state index in [0.717, 1.165) is 11.1 Å². The number of nitrogens with one attached hydrogen (secondary N) is 1. The van der Waals surface area contributed by atoms with Crippen LogP contribution < -0.4 is 14.8 Å². The predicted molar refractivity (Wildman–Crippen MR) is 145 cm³/mol. The number of rotatable bonds is 11. The molecule has 1 aromatic heterocycles. The van der Waals surface area contributed by atoms with Crippen LogP contribution in [0.4, 0.5) is 0 Å². The molecule has 38 heavy (non-hydrogen) atoms. The topological polar surface area (TPSA) is 81.0 Å². The second kappa shape index (κ2) is 12.8. The summed E-state index contributed by atoms with van der Waals surface area (Å²) in [5.74, 6) is 1.17. The highest BCUT2D eigenvalue weighted by Gasteiger charge is 2.31. The van der Waals surface area contributed by atoms with E-state index in [9.17, 15) is 9.59 Å². The fraction of sp³-hybridized carbons (Fsp3) is 0.200. The Bertz CT molecular complexity index is 1340. The maximum absolute atomic E-state index is 13.9. The number of furan rings is 1. The lowest BCUT2D eigenvalue weighted by molar-refractivity contribution is -0.141. The Kier molecular flexibility index (Phi) is 9.06. The van der Waals surface area contributed by atoms with Gasteiger partial charge in [0.1, 0.15) is 11.8 Å². The second-order valence-electron chi connectivity index (χ2n) is 8.62. The van der Waals surface area contributed by atoms with Gasteiger partial charge < -0.3 is 24.1 Å². The summed E-state index contributed by atoms with van der Waals surface area (Å²) in [4.78, 5) is 29.2. The minimum Gasteiger partial charge on any atom is -0.493 e. The van der Waals surface area contributed by atoms with E-state index in [1.165, 1.54) is 0 Å². The monoisotopic (exact) mass is 532 g/mol. The van der Waals surface area contributed by atoms with Gasteiger partial charge in [0.15, 0.2) is 11.5 Å². The zero-order chi connectivity index (χ0) is 26.9. The molecular formula is C30H29ClN2O5. The van der Waals surface area contributed by atoms with Crippen molar-refractivity contribution in [3.63, 3.8) is 0 Å². The highest BCUT2D eigenvalue weighted by atomic mass is 35.5. The minimum atomic E-state index is -0.880. The normalized spacial score (nSPS) is 11.4. The molecule has 0 spiro atoms. The van der Waals surface area contributed by atoms with Crippen molar-refractivity contribution >= 4 is 23.4 Å². The van der Waals surface area contributed by atoms with Gasteiger partial charge in [-0.2, -0.15) is 0 Å². The predicted octanol–water partition coefficient (Wildman–Crippen LogP) is 5.58. The Morgan fingerprint density at radius 1 is 0.895 bits per heavy atom. The van der Waals surface area contributed by atoms with Crippen molar-refractivity contribution in [3.8, 4) is 11.5 Å².